The van der Waals surface area contributed by atoms with Crippen LogP contribution in [0.1, 0.15) is 58.4 Å². The molecule has 0 spiro atoms. The molecular weight excluding hydrogens is 459 g/mol. The summed E-state index contributed by atoms with van der Waals surface area (Å²) in [5, 5.41) is 5.45. The molecule has 0 heterocycles. The van der Waals surface area contributed by atoms with Crippen LogP contribution in [0.25, 0.3) is 12.2 Å². The van der Waals surface area contributed by atoms with Crippen LogP contribution in [0.2, 0.25) is 10.5 Å². The molecule has 0 fully saturated rings. The molecule has 0 nitrogen and oxygen atoms in total. The van der Waals surface area contributed by atoms with Gasteiger partial charge in [0.05, 0.1) is 0 Å². The minimum absolute atomic E-state index is 0. The van der Waals surface area contributed by atoms with Gasteiger partial charge in [-0.05, 0) is 0 Å². The fourth-order valence-corrected chi connectivity index (χ4v) is 19.0. The zero-order valence-corrected chi connectivity index (χ0v) is 23.7. The van der Waals surface area contributed by atoms with Gasteiger partial charge in [-0.2, -0.15) is 0 Å². The SMILES string of the molecule is CC(C)C1=Cc2ccccc2[CH]1[Ti]([CH3])([CH3])(=[SiH2])[CH]1C(C(C)C)=Cc2ccccc21.Cl.Cl. The maximum absolute atomic E-state index is 3.08. The molecule has 0 saturated heterocycles. The van der Waals surface area contributed by atoms with Gasteiger partial charge >= 0.3 is 174 Å². The van der Waals surface area contributed by atoms with Crippen molar-refractivity contribution in [2.45, 2.75) is 46.6 Å². The average Bonchev–Trinajstić information content (AvgIpc) is 3.21. The molecule has 2 aliphatic rings. The summed E-state index contributed by atoms with van der Waals surface area (Å²) in [4.78, 5) is 0. The molecule has 2 aliphatic carbocycles. The quantitative estimate of drug-likeness (QED) is 0.381. The number of hydrogen-bond donors (Lipinski definition) is 0. The molecule has 0 saturated carbocycles. The van der Waals surface area contributed by atoms with E-state index >= 15 is 0 Å². The van der Waals surface area contributed by atoms with Crippen molar-refractivity contribution in [3.63, 3.8) is 0 Å². The van der Waals surface area contributed by atoms with Gasteiger partial charge in [0.1, 0.15) is 0 Å². The van der Waals surface area contributed by atoms with Crippen molar-refractivity contribution in [2.75, 3.05) is 0 Å². The van der Waals surface area contributed by atoms with Crippen LogP contribution < -0.4 is 0 Å². The zero-order chi connectivity index (χ0) is 20.3. The summed E-state index contributed by atoms with van der Waals surface area (Å²) in [6, 6.07) is 18.4. The van der Waals surface area contributed by atoms with E-state index in [4.69, 9.17) is 0 Å². The summed E-state index contributed by atoms with van der Waals surface area (Å²) < 4.78 is 1.23. The topological polar surface area (TPSA) is 0 Å². The molecule has 4 rings (SSSR count). The second-order valence-electron chi connectivity index (χ2n) is 10.7. The molecule has 0 bridgehead atoms. The molecule has 0 aromatic heterocycles. The van der Waals surface area contributed by atoms with Gasteiger partial charge in [-0.25, -0.2) is 0 Å². The van der Waals surface area contributed by atoms with Gasteiger partial charge in [0, 0.05) is 0 Å². The molecule has 4 heteroatoms. The predicted octanol–water partition coefficient (Wildman–Crippen LogP) is 7.75. The Balaban J connectivity index is 0.00000160. The van der Waals surface area contributed by atoms with Crippen LogP contribution in [0.15, 0.2) is 59.7 Å². The first-order chi connectivity index (χ1) is 13.1. The van der Waals surface area contributed by atoms with E-state index in [1.807, 2.05) is 0 Å². The van der Waals surface area contributed by atoms with Gasteiger partial charge < -0.3 is 0 Å². The van der Waals surface area contributed by atoms with Crippen LogP contribution in [0, 0.1) is 11.8 Å². The second kappa shape index (κ2) is 8.76. The standard InChI is InChI=1S/2C12H13.2CH3.2ClH.H2Si.Ti/c2*1-9(2)12-7-10-5-3-4-6-11(10)8-12;;;;;;/h2*3-9H,1-2H3;2*1H3;2*1H;1H2;. The van der Waals surface area contributed by atoms with E-state index in [9.17, 15) is 0 Å². The molecule has 2 aromatic rings. The fourth-order valence-electron chi connectivity index (χ4n) is 5.98. The van der Waals surface area contributed by atoms with Crippen LogP contribution in [0.5, 0.6) is 0 Å². The number of allylic oxidation sites excluding steroid dienone is 2. The molecule has 0 radical (unpaired) electrons. The Morgan fingerprint density at radius 2 is 1.00 bits per heavy atom. The summed E-state index contributed by atoms with van der Waals surface area (Å²) >= 11 is -3.08. The average molecular weight is 495 g/mol. The molecule has 30 heavy (non-hydrogen) atoms. The Bertz CT molecular complexity index is 992. The molecule has 2 unspecified atom stereocenters. The van der Waals surface area contributed by atoms with Crippen molar-refractivity contribution in [1.29, 1.82) is 0 Å². The fraction of sp³-hybridized carbons (Fsp3) is 0.385. The third-order valence-corrected chi connectivity index (χ3v) is 18.5. The number of rotatable bonds is 4. The Labute approximate surface area is 198 Å². The summed E-state index contributed by atoms with van der Waals surface area (Å²) in [6.45, 7) is 9.55. The first-order valence-corrected chi connectivity index (χ1v) is 19.7. The first kappa shape index (κ1) is 25.7. The second-order valence-corrected chi connectivity index (χ2v) is 30.8. The van der Waals surface area contributed by atoms with E-state index in [-0.39, 0.29) is 24.8 Å². The van der Waals surface area contributed by atoms with E-state index < -0.39 is 14.0 Å². The van der Waals surface area contributed by atoms with Gasteiger partial charge in [-0.15, -0.1) is 24.8 Å². The molecule has 0 N–H and O–H groups in total. The Morgan fingerprint density at radius 3 is 1.33 bits per heavy atom. The van der Waals surface area contributed by atoms with Crippen LogP contribution >= 0.6 is 24.8 Å². The monoisotopic (exact) mass is 494 g/mol. The Morgan fingerprint density at radius 1 is 0.667 bits per heavy atom. The maximum Gasteiger partial charge on any atom is -0.147 e. The van der Waals surface area contributed by atoms with Crippen LogP contribution in [0.3, 0.4) is 0 Å². The maximum atomic E-state index is 2.72. The van der Waals surface area contributed by atoms with Crippen molar-refractivity contribution in [3.8, 4) is 0 Å². The smallest absolute Gasteiger partial charge is 0.147 e. The van der Waals surface area contributed by atoms with E-state index in [1.54, 1.807) is 22.3 Å². The van der Waals surface area contributed by atoms with Crippen LogP contribution in [-0.4, -0.2) is 7.63 Å². The minimum atomic E-state index is -3.08. The molecule has 162 valence electrons. The predicted molar refractivity (Wildman–Crippen MR) is 139 cm³/mol. The summed E-state index contributed by atoms with van der Waals surface area (Å²) in [7, 11) is 2.43. The normalized spacial score (nSPS) is 20.2. The van der Waals surface area contributed by atoms with Gasteiger partial charge in [-0.1, -0.05) is 0 Å². The summed E-state index contributed by atoms with van der Waals surface area (Å²) in [5.74, 6) is 1.18. The molecule has 0 aliphatic heterocycles. The Hall–Kier alpha value is -0.569. The first-order valence-electron chi connectivity index (χ1n) is 10.8. The van der Waals surface area contributed by atoms with Gasteiger partial charge in [-0.3, -0.25) is 0 Å². The molecular formula is C26H36Cl2SiTi. The van der Waals surface area contributed by atoms with Crippen molar-refractivity contribution in [3.05, 3.63) is 81.9 Å². The summed E-state index contributed by atoms with van der Waals surface area (Å²) in [5.41, 5.74) is 9.45. The molecule has 2 atom stereocenters. The summed E-state index contributed by atoms with van der Waals surface area (Å²) in [6.07, 6.45) is 5.04. The number of hydrogen-bond acceptors (Lipinski definition) is 0. The van der Waals surface area contributed by atoms with Gasteiger partial charge in [0.2, 0.25) is 0 Å². The van der Waals surface area contributed by atoms with Gasteiger partial charge in [0.15, 0.2) is 0 Å². The van der Waals surface area contributed by atoms with Crippen molar-refractivity contribution in [1.82, 2.24) is 0 Å². The zero-order valence-electron chi connectivity index (χ0n) is 19.1. The third kappa shape index (κ3) is 3.98. The largest absolute Gasteiger partial charge is 0.147 e. The van der Waals surface area contributed by atoms with Crippen LogP contribution in [-0.2, 0) is 14.0 Å². The number of fused-ring (bicyclic) bond motifs is 2. The molecule has 0 amide bonds. The number of halogens is 2. The van der Waals surface area contributed by atoms with Crippen molar-refractivity contribution in [2.24, 2.45) is 11.8 Å². The van der Waals surface area contributed by atoms with Crippen molar-refractivity contribution < 1.29 is 14.0 Å². The van der Waals surface area contributed by atoms with E-state index in [2.05, 4.69) is 106 Å². The van der Waals surface area contributed by atoms with Crippen molar-refractivity contribution >= 4 is 44.6 Å². The third-order valence-electron chi connectivity index (χ3n) is 7.15. The van der Waals surface area contributed by atoms with E-state index in [0.717, 1.165) is 0 Å². The Kier molecular flexibility index (Phi) is 7.50. The van der Waals surface area contributed by atoms with Gasteiger partial charge in [0.25, 0.3) is 0 Å². The molecule has 2 aromatic carbocycles. The number of benzene rings is 2. The van der Waals surface area contributed by atoms with Crippen LogP contribution in [0.4, 0.5) is 0 Å². The van der Waals surface area contributed by atoms with E-state index in [0.29, 0.717) is 20.3 Å². The minimum Gasteiger partial charge on any atom is -0.147 e. The van der Waals surface area contributed by atoms with E-state index in [1.165, 1.54) is 11.1 Å².